The molecule has 0 radical (unpaired) electrons. The van der Waals surface area contributed by atoms with Gasteiger partial charge in [0.2, 0.25) is 0 Å². The van der Waals surface area contributed by atoms with Gasteiger partial charge >= 0.3 is 0 Å². The monoisotopic (exact) mass is 195 g/mol. The average Bonchev–Trinajstić information content (AvgIpc) is 2.18. The summed E-state index contributed by atoms with van der Waals surface area (Å²) in [5.41, 5.74) is 0.622. The van der Waals surface area contributed by atoms with E-state index in [1.54, 1.807) is 18.0 Å². The van der Waals surface area contributed by atoms with Crippen molar-refractivity contribution in [1.29, 1.82) is 0 Å². The lowest BCUT2D eigenvalue weighted by molar-refractivity contribution is 0.0980. The summed E-state index contributed by atoms with van der Waals surface area (Å²) in [7, 11) is 0. The van der Waals surface area contributed by atoms with Gasteiger partial charge in [0.25, 0.3) is 0 Å². The molecular weight excluding hydrogens is 182 g/mol. The topological polar surface area (TPSA) is 30.0 Å². The van der Waals surface area contributed by atoms with Crippen LogP contribution in [0.2, 0.25) is 0 Å². The predicted molar refractivity (Wildman–Crippen MR) is 55.3 cm³/mol. The zero-order chi connectivity index (χ0) is 9.68. The number of carbonyl (C=O) groups is 1. The lowest BCUT2D eigenvalue weighted by atomic mass is 10.2. The number of nitrogens with zero attached hydrogens (tertiary/aromatic N) is 1. The number of Topliss-reactive ketones (excluding diaryl/α,β-unsaturated/α-hetero) is 1. The molecule has 0 spiro atoms. The van der Waals surface area contributed by atoms with Crippen LogP contribution in [0.1, 0.15) is 30.8 Å². The minimum absolute atomic E-state index is 0.122. The van der Waals surface area contributed by atoms with Gasteiger partial charge in [0.05, 0.1) is 0 Å². The Balaban J connectivity index is 2.97. The highest BCUT2D eigenvalue weighted by Crippen LogP contribution is 2.21. The van der Waals surface area contributed by atoms with Crippen LogP contribution in [0.3, 0.4) is 0 Å². The molecule has 1 rings (SSSR count). The fourth-order valence-electron chi connectivity index (χ4n) is 1.04. The Morgan fingerprint density at radius 3 is 2.92 bits per heavy atom. The zero-order valence-corrected chi connectivity index (χ0v) is 8.73. The number of ketones is 1. The normalized spacial score (nSPS) is 10.0. The van der Waals surface area contributed by atoms with E-state index >= 15 is 0 Å². The van der Waals surface area contributed by atoms with E-state index < -0.39 is 0 Å². The number of aromatic nitrogens is 1. The van der Waals surface area contributed by atoms with E-state index in [0.29, 0.717) is 12.1 Å². The largest absolute Gasteiger partial charge is 0.292 e. The molecule has 0 fully saturated rings. The van der Waals surface area contributed by atoms with Crippen LogP contribution in [-0.2, 0) is 0 Å². The Morgan fingerprint density at radius 2 is 2.31 bits per heavy atom. The summed E-state index contributed by atoms with van der Waals surface area (Å²) < 4.78 is 0. The Labute approximate surface area is 82.8 Å². The van der Waals surface area contributed by atoms with E-state index in [0.717, 1.165) is 10.6 Å². The maximum atomic E-state index is 11.4. The molecule has 0 aliphatic rings. The van der Waals surface area contributed by atoms with Crippen molar-refractivity contribution < 1.29 is 4.79 Å². The van der Waals surface area contributed by atoms with Gasteiger partial charge < -0.3 is 0 Å². The van der Waals surface area contributed by atoms with Crippen LogP contribution in [-0.4, -0.2) is 16.5 Å². The first-order chi connectivity index (χ1) is 6.29. The van der Waals surface area contributed by atoms with Gasteiger partial charge in [0.1, 0.15) is 5.69 Å². The first-order valence-corrected chi connectivity index (χ1v) is 5.39. The Kier molecular flexibility index (Phi) is 3.96. The van der Waals surface area contributed by atoms with Crippen molar-refractivity contribution in [3.63, 3.8) is 0 Å². The summed E-state index contributed by atoms with van der Waals surface area (Å²) in [6, 6.07) is 3.81. The van der Waals surface area contributed by atoms with Crippen LogP contribution < -0.4 is 0 Å². The smallest absolute Gasteiger partial charge is 0.182 e. The molecule has 0 aliphatic heterocycles. The molecule has 0 aliphatic carbocycles. The van der Waals surface area contributed by atoms with E-state index in [2.05, 4.69) is 11.9 Å². The third-order valence-corrected chi connectivity index (χ3v) is 2.58. The molecule has 0 N–H and O–H groups in total. The summed E-state index contributed by atoms with van der Waals surface area (Å²) in [5.74, 6) is 1.09. The van der Waals surface area contributed by atoms with Gasteiger partial charge in [0, 0.05) is 17.5 Å². The molecule has 0 saturated carbocycles. The summed E-state index contributed by atoms with van der Waals surface area (Å²) >= 11 is 1.66. The molecule has 3 heteroatoms. The Bertz CT molecular complexity index is 299. The molecule has 70 valence electrons. The number of rotatable bonds is 4. The molecule has 0 atom stereocenters. The fourth-order valence-corrected chi connectivity index (χ4v) is 1.83. The highest BCUT2D eigenvalue weighted by atomic mass is 32.2. The lowest BCUT2D eigenvalue weighted by Gasteiger charge is -2.03. The number of thioether (sulfide) groups is 1. The molecule has 0 bridgehead atoms. The van der Waals surface area contributed by atoms with Gasteiger partial charge in [-0.05, 0) is 17.9 Å². The van der Waals surface area contributed by atoms with Crippen molar-refractivity contribution in [2.45, 2.75) is 25.2 Å². The zero-order valence-electron chi connectivity index (χ0n) is 7.91. The molecule has 0 unspecified atom stereocenters. The molecule has 2 nitrogen and oxygen atoms in total. The summed E-state index contributed by atoms with van der Waals surface area (Å²) in [4.78, 5) is 16.5. The van der Waals surface area contributed by atoms with Crippen molar-refractivity contribution in [3.8, 4) is 0 Å². The average molecular weight is 195 g/mol. The highest BCUT2D eigenvalue weighted by molar-refractivity contribution is 7.99. The molecular formula is C10H13NOS. The predicted octanol–water partition coefficient (Wildman–Crippen LogP) is 2.79. The van der Waals surface area contributed by atoms with Crippen LogP contribution in [0.15, 0.2) is 23.2 Å². The summed E-state index contributed by atoms with van der Waals surface area (Å²) in [5, 5.41) is 0. The molecule has 13 heavy (non-hydrogen) atoms. The maximum Gasteiger partial charge on any atom is 0.182 e. The number of hydrogen-bond donors (Lipinski definition) is 0. The van der Waals surface area contributed by atoms with E-state index in [-0.39, 0.29) is 5.78 Å². The van der Waals surface area contributed by atoms with E-state index in [1.807, 2.05) is 19.1 Å². The van der Waals surface area contributed by atoms with Crippen molar-refractivity contribution in [3.05, 3.63) is 24.0 Å². The van der Waals surface area contributed by atoms with E-state index in [4.69, 9.17) is 0 Å². The van der Waals surface area contributed by atoms with Crippen molar-refractivity contribution in [2.24, 2.45) is 0 Å². The van der Waals surface area contributed by atoms with Gasteiger partial charge in [-0.2, -0.15) is 0 Å². The number of hydrogen-bond acceptors (Lipinski definition) is 3. The highest BCUT2D eigenvalue weighted by Gasteiger charge is 2.09. The molecule has 1 aromatic rings. The van der Waals surface area contributed by atoms with Gasteiger partial charge in [-0.25, -0.2) is 0 Å². The third kappa shape index (κ3) is 2.56. The van der Waals surface area contributed by atoms with Crippen molar-refractivity contribution in [1.82, 2.24) is 4.98 Å². The van der Waals surface area contributed by atoms with Crippen molar-refractivity contribution in [2.75, 3.05) is 5.75 Å². The fraction of sp³-hybridized carbons (Fsp3) is 0.400. The van der Waals surface area contributed by atoms with E-state index in [9.17, 15) is 4.79 Å². The SMILES string of the molecule is CCSc1cccnc1C(=O)CC. The maximum absolute atomic E-state index is 11.4. The number of carbonyl (C=O) groups excluding carboxylic acids is 1. The first-order valence-electron chi connectivity index (χ1n) is 4.40. The van der Waals surface area contributed by atoms with Gasteiger partial charge in [-0.15, -0.1) is 11.8 Å². The summed E-state index contributed by atoms with van der Waals surface area (Å²) in [6.07, 6.45) is 2.19. The minimum atomic E-state index is 0.122. The molecule has 0 aromatic carbocycles. The van der Waals surface area contributed by atoms with E-state index in [1.165, 1.54) is 0 Å². The lowest BCUT2D eigenvalue weighted by Crippen LogP contribution is -2.01. The first kappa shape index (κ1) is 10.3. The Hall–Kier alpha value is -0.830. The van der Waals surface area contributed by atoms with Crippen LogP contribution in [0, 0.1) is 0 Å². The molecule has 0 amide bonds. The molecule has 1 aromatic heterocycles. The van der Waals surface area contributed by atoms with Gasteiger partial charge in [-0.3, -0.25) is 9.78 Å². The van der Waals surface area contributed by atoms with Crippen LogP contribution >= 0.6 is 11.8 Å². The second-order valence-electron chi connectivity index (χ2n) is 2.56. The molecule has 0 saturated heterocycles. The molecule has 1 heterocycles. The minimum Gasteiger partial charge on any atom is -0.292 e. The summed E-state index contributed by atoms with van der Waals surface area (Å²) in [6.45, 7) is 3.93. The second-order valence-corrected chi connectivity index (χ2v) is 3.87. The quantitative estimate of drug-likeness (QED) is 0.546. The van der Waals surface area contributed by atoms with Gasteiger partial charge in [0.15, 0.2) is 5.78 Å². The Morgan fingerprint density at radius 1 is 1.54 bits per heavy atom. The van der Waals surface area contributed by atoms with Gasteiger partial charge in [-0.1, -0.05) is 13.8 Å². The second kappa shape index (κ2) is 5.02. The van der Waals surface area contributed by atoms with Crippen molar-refractivity contribution >= 4 is 17.5 Å². The van der Waals surface area contributed by atoms with Crippen LogP contribution in [0.5, 0.6) is 0 Å². The number of pyridine rings is 1. The third-order valence-electron chi connectivity index (χ3n) is 1.66. The van der Waals surface area contributed by atoms with Crippen LogP contribution in [0.25, 0.3) is 0 Å². The standard InChI is InChI=1S/C10H13NOS/c1-3-8(12)10-9(13-4-2)6-5-7-11-10/h5-7H,3-4H2,1-2H3. The van der Waals surface area contributed by atoms with Crippen LogP contribution in [0.4, 0.5) is 0 Å².